The van der Waals surface area contributed by atoms with Gasteiger partial charge in [-0.3, -0.25) is 14.3 Å². The van der Waals surface area contributed by atoms with E-state index in [4.69, 9.17) is 15.6 Å². The van der Waals surface area contributed by atoms with E-state index in [1.165, 1.54) is 11.8 Å². The Labute approximate surface area is 134 Å². The lowest BCUT2D eigenvalue weighted by atomic mass is 10.2. The highest BCUT2D eigenvalue weighted by molar-refractivity contribution is 7.99. The van der Waals surface area contributed by atoms with Crippen molar-refractivity contribution in [2.75, 3.05) is 24.7 Å². The van der Waals surface area contributed by atoms with E-state index >= 15 is 0 Å². The molecule has 0 saturated carbocycles. The van der Waals surface area contributed by atoms with Gasteiger partial charge in [-0.25, -0.2) is 4.98 Å². The molecular formula is C12H17N5O5S. The molecule has 2 aromatic heterocycles. The molecule has 0 bridgehead atoms. The summed E-state index contributed by atoms with van der Waals surface area (Å²) in [7, 11) is 0. The molecule has 6 N–H and O–H groups in total. The number of anilines is 1. The van der Waals surface area contributed by atoms with Crippen molar-refractivity contribution in [3.05, 3.63) is 10.4 Å². The second-order valence-corrected chi connectivity index (χ2v) is 6.14. The zero-order valence-corrected chi connectivity index (χ0v) is 12.9. The Kier molecular flexibility index (Phi) is 4.55. The summed E-state index contributed by atoms with van der Waals surface area (Å²) in [6, 6.07) is 0. The minimum absolute atomic E-state index is 0.0559. The first kappa shape index (κ1) is 16.2. The number of hydrogen-bond acceptors (Lipinski definition) is 9. The maximum atomic E-state index is 12.0. The Morgan fingerprint density at radius 1 is 1.43 bits per heavy atom. The second kappa shape index (κ2) is 6.45. The number of thioether (sulfide) groups is 1. The summed E-state index contributed by atoms with van der Waals surface area (Å²) in [5.41, 5.74) is 5.46. The molecule has 1 aliphatic heterocycles. The van der Waals surface area contributed by atoms with Crippen LogP contribution >= 0.6 is 11.8 Å². The summed E-state index contributed by atoms with van der Waals surface area (Å²) >= 11 is 1.23. The van der Waals surface area contributed by atoms with E-state index in [1.54, 1.807) is 4.57 Å². The summed E-state index contributed by atoms with van der Waals surface area (Å²) in [6.07, 6.45) is -1.97. The first-order valence-electron chi connectivity index (χ1n) is 7.01. The molecule has 3 rings (SSSR count). The molecule has 0 aliphatic carbocycles. The van der Waals surface area contributed by atoms with Crippen LogP contribution in [0, 0.1) is 0 Å². The van der Waals surface area contributed by atoms with Gasteiger partial charge in [0.1, 0.15) is 12.3 Å². The second-order valence-electron chi connectivity index (χ2n) is 5.07. The highest BCUT2D eigenvalue weighted by Crippen LogP contribution is 2.34. The van der Waals surface area contributed by atoms with Crippen LogP contribution in [0.5, 0.6) is 0 Å². The third kappa shape index (κ3) is 2.93. The Balaban J connectivity index is 2.11. The van der Waals surface area contributed by atoms with E-state index in [2.05, 4.69) is 15.0 Å². The average molecular weight is 343 g/mol. The first-order chi connectivity index (χ1) is 11.0. The maximum absolute atomic E-state index is 12.0. The molecule has 1 unspecified atom stereocenters. The predicted molar refractivity (Wildman–Crippen MR) is 82.0 cm³/mol. The molecule has 1 fully saturated rings. The molecule has 2 aromatic rings. The number of nitrogen functional groups attached to an aromatic ring is 1. The largest absolute Gasteiger partial charge is 0.396 e. The van der Waals surface area contributed by atoms with Crippen LogP contribution in [-0.2, 0) is 4.74 Å². The number of imidazole rings is 1. The summed E-state index contributed by atoms with van der Waals surface area (Å²) in [6.45, 7) is -0.382. The molecule has 0 spiro atoms. The minimum Gasteiger partial charge on any atom is -0.396 e. The minimum atomic E-state index is -0.836. The first-order valence-corrected chi connectivity index (χ1v) is 7.99. The van der Waals surface area contributed by atoms with Crippen LogP contribution in [0.2, 0.25) is 0 Å². The Bertz CT molecular complexity index is 762. The number of aliphatic hydroxyl groups is 3. The molecule has 11 heteroatoms. The number of aromatic nitrogens is 4. The van der Waals surface area contributed by atoms with Gasteiger partial charge in [-0.05, 0) is 0 Å². The normalized spacial score (nSPS) is 24.6. The van der Waals surface area contributed by atoms with Crippen molar-refractivity contribution in [2.45, 2.75) is 30.0 Å². The SMILES string of the molecule is Nc1nc2c(nc(SCCO)n2[C@H]2CC(O)[C@@H](CO)O2)c(=O)[nH]1. The van der Waals surface area contributed by atoms with Crippen LogP contribution in [0.25, 0.3) is 11.2 Å². The van der Waals surface area contributed by atoms with Gasteiger partial charge in [-0.15, -0.1) is 0 Å². The van der Waals surface area contributed by atoms with E-state index in [9.17, 15) is 15.0 Å². The number of fused-ring (bicyclic) bond motifs is 1. The van der Waals surface area contributed by atoms with Crippen LogP contribution in [0.1, 0.15) is 12.6 Å². The summed E-state index contributed by atoms with van der Waals surface area (Å²) in [5.74, 6) is 0.315. The molecular weight excluding hydrogens is 326 g/mol. The lowest BCUT2D eigenvalue weighted by molar-refractivity contribution is -0.0457. The van der Waals surface area contributed by atoms with Crippen LogP contribution in [-0.4, -0.2) is 66.0 Å². The van der Waals surface area contributed by atoms with Crippen LogP contribution in [0.4, 0.5) is 5.95 Å². The summed E-state index contributed by atoms with van der Waals surface area (Å²) < 4.78 is 7.20. The lowest BCUT2D eigenvalue weighted by Crippen LogP contribution is -2.24. The number of nitrogens with zero attached hydrogens (tertiary/aromatic N) is 3. The van der Waals surface area contributed by atoms with Crippen molar-refractivity contribution in [3.63, 3.8) is 0 Å². The van der Waals surface area contributed by atoms with Crippen molar-refractivity contribution in [1.82, 2.24) is 19.5 Å². The Hall–Kier alpha value is -1.66. The van der Waals surface area contributed by atoms with Gasteiger partial charge < -0.3 is 25.8 Å². The molecule has 1 aliphatic rings. The molecule has 0 aromatic carbocycles. The van der Waals surface area contributed by atoms with Gasteiger partial charge in [-0.2, -0.15) is 4.98 Å². The monoisotopic (exact) mass is 343 g/mol. The van der Waals surface area contributed by atoms with Gasteiger partial charge in [0.25, 0.3) is 5.56 Å². The third-order valence-corrected chi connectivity index (χ3v) is 4.46. The van der Waals surface area contributed by atoms with Crippen molar-refractivity contribution >= 4 is 28.9 Å². The number of H-pyrrole nitrogens is 1. The van der Waals surface area contributed by atoms with Crippen LogP contribution in [0.15, 0.2) is 9.95 Å². The molecule has 1 saturated heterocycles. The van der Waals surface area contributed by atoms with Gasteiger partial charge in [0.2, 0.25) is 5.95 Å². The number of rotatable bonds is 5. The fourth-order valence-corrected chi connectivity index (χ4v) is 3.29. The van der Waals surface area contributed by atoms with Crippen LogP contribution < -0.4 is 11.3 Å². The Morgan fingerprint density at radius 2 is 2.22 bits per heavy atom. The molecule has 10 nitrogen and oxygen atoms in total. The number of nitrogens with two attached hydrogens (primary N) is 1. The molecule has 0 radical (unpaired) electrons. The molecule has 126 valence electrons. The summed E-state index contributed by atoms with van der Waals surface area (Å²) in [5, 5.41) is 28.6. The summed E-state index contributed by atoms with van der Waals surface area (Å²) in [4.78, 5) is 22.7. The van der Waals surface area contributed by atoms with Crippen molar-refractivity contribution in [2.24, 2.45) is 0 Å². The lowest BCUT2D eigenvalue weighted by Gasteiger charge is -2.16. The van der Waals surface area contributed by atoms with Gasteiger partial charge in [0.15, 0.2) is 16.3 Å². The smallest absolute Gasteiger partial charge is 0.280 e. The zero-order valence-electron chi connectivity index (χ0n) is 12.0. The van der Waals surface area contributed by atoms with Gasteiger partial charge >= 0.3 is 0 Å². The number of ether oxygens (including phenoxy) is 1. The van der Waals surface area contributed by atoms with E-state index in [1.807, 2.05) is 0 Å². The predicted octanol–water partition coefficient (Wildman–Crippen LogP) is -1.57. The maximum Gasteiger partial charge on any atom is 0.280 e. The van der Waals surface area contributed by atoms with Crippen LogP contribution in [0.3, 0.4) is 0 Å². The number of aliphatic hydroxyl groups excluding tert-OH is 3. The standard InChI is InChI=1S/C12H17N5O5S/c13-11-15-9-8(10(21)16-11)14-12(23-2-1-18)17(9)7-3-5(20)6(4-19)22-7/h5-7,18-20H,1-4H2,(H3,13,15,16,21)/t5?,6-,7-/m1/s1. The van der Waals surface area contributed by atoms with E-state index in [-0.39, 0.29) is 36.7 Å². The van der Waals surface area contributed by atoms with Gasteiger partial charge in [-0.1, -0.05) is 11.8 Å². The molecule has 23 heavy (non-hydrogen) atoms. The zero-order chi connectivity index (χ0) is 16.6. The molecule has 0 amide bonds. The molecule has 3 heterocycles. The number of aromatic amines is 1. The topological polar surface area (TPSA) is 160 Å². The Morgan fingerprint density at radius 3 is 2.87 bits per heavy atom. The highest BCUT2D eigenvalue weighted by Gasteiger charge is 2.37. The van der Waals surface area contributed by atoms with E-state index < -0.39 is 24.0 Å². The quantitative estimate of drug-likeness (QED) is 0.404. The number of hydrogen-bond donors (Lipinski definition) is 5. The number of nitrogens with one attached hydrogen (secondary N) is 1. The van der Waals surface area contributed by atoms with Gasteiger partial charge in [0.05, 0.1) is 19.3 Å². The van der Waals surface area contributed by atoms with Crippen molar-refractivity contribution < 1.29 is 20.1 Å². The highest BCUT2D eigenvalue weighted by atomic mass is 32.2. The van der Waals surface area contributed by atoms with Crippen molar-refractivity contribution in [1.29, 1.82) is 0 Å². The van der Waals surface area contributed by atoms with Crippen molar-refractivity contribution in [3.8, 4) is 0 Å². The average Bonchev–Trinajstić information content (AvgIpc) is 3.05. The third-order valence-electron chi connectivity index (χ3n) is 3.53. The molecule has 3 atom stereocenters. The van der Waals surface area contributed by atoms with E-state index in [0.717, 1.165) is 0 Å². The van der Waals surface area contributed by atoms with Gasteiger partial charge in [0, 0.05) is 12.2 Å². The fraction of sp³-hybridized carbons (Fsp3) is 0.583. The fourth-order valence-electron chi connectivity index (χ4n) is 2.52. The van der Waals surface area contributed by atoms with E-state index in [0.29, 0.717) is 10.9 Å².